The molecule has 0 radical (unpaired) electrons. The quantitative estimate of drug-likeness (QED) is 0.540. The number of terminal acetylenes is 1. The van der Waals surface area contributed by atoms with Gasteiger partial charge in [-0.3, -0.25) is 4.79 Å². The van der Waals surface area contributed by atoms with E-state index in [4.69, 9.17) is 11.2 Å². The maximum absolute atomic E-state index is 12.4. The molecule has 1 aliphatic heterocycles. The van der Waals surface area contributed by atoms with Crippen LogP contribution in [0.1, 0.15) is 12.8 Å². The van der Waals surface area contributed by atoms with Gasteiger partial charge >= 0.3 is 0 Å². The Kier molecular flexibility index (Phi) is 2.48. The fraction of sp³-hybridized carbons (Fsp3) is 0.643. The van der Waals surface area contributed by atoms with Crippen molar-refractivity contribution in [2.45, 2.75) is 19.1 Å². The molecule has 5 atom stereocenters. The van der Waals surface area contributed by atoms with Crippen LogP contribution in [-0.4, -0.2) is 30.7 Å². The summed E-state index contributed by atoms with van der Waals surface area (Å²) in [5.41, 5.74) is 0. The van der Waals surface area contributed by atoms with Crippen LogP contribution in [0.2, 0.25) is 0 Å². The molecule has 3 rings (SSSR count). The van der Waals surface area contributed by atoms with Crippen molar-refractivity contribution in [3.8, 4) is 12.3 Å². The molecule has 1 heterocycles. The first-order valence-corrected chi connectivity index (χ1v) is 6.23. The molecule has 2 fully saturated rings. The van der Waals surface area contributed by atoms with Gasteiger partial charge in [-0.1, -0.05) is 12.2 Å². The smallest absolute Gasteiger partial charge is 0.228 e. The molecule has 0 aromatic heterocycles. The van der Waals surface area contributed by atoms with Crippen LogP contribution in [0.5, 0.6) is 0 Å². The topological polar surface area (TPSA) is 29.5 Å². The molecule has 0 aromatic rings. The van der Waals surface area contributed by atoms with E-state index in [1.54, 1.807) is 7.11 Å². The monoisotopic (exact) mass is 231 g/mol. The van der Waals surface area contributed by atoms with Gasteiger partial charge in [0.1, 0.15) is 6.23 Å². The van der Waals surface area contributed by atoms with Crippen LogP contribution in [0.15, 0.2) is 12.2 Å². The number of amides is 1. The van der Waals surface area contributed by atoms with Crippen LogP contribution in [0.3, 0.4) is 0 Å². The molecule has 2 aliphatic carbocycles. The third-order valence-electron chi connectivity index (χ3n) is 4.46. The summed E-state index contributed by atoms with van der Waals surface area (Å²) in [7, 11) is 1.69. The van der Waals surface area contributed by atoms with Crippen molar-refractivity contribution < 1.29 is 9.53 Å². The van der Waals surface area contributed by atoms with Gasteiger partial charge in [-0.05, 0) is 18.3 Å². The van der Waals surface area contributed by atoms with Gasteiger partial charge in [-0.2, -0.15) is 0 Å². The van der Waals surface area contributed by atoms with Gasteiger partial charge in [0.15, 0.2) is 0 Å². The number of allylic oxidation sites excluding steroid dienone is 2. The summed E-state index contributed by atoms with van der Waals surface area (Å²) in [6.07, 6.45) is 11.4. The summed E-state index contributed by atoms with van der Waals surface area (Å²) in [5.74, 6) is 4.30. The van der Waals surface area contributed by atoms with E-state index in [-0.39, 0.29) is 18.1 Å². The van der Waals surface area contributed by atoms with E-state index in [0.717, 1.165) is 6.42 Å². The van der Waals surface area contributed by atoms with Crippen LogP contribution < -0.4 is 0 Å². The number of likely N-dealkylation sites (tertiary alicyclic amines) is 1. The highest BCUT2D eigenvalue weighted by molar-refractivity contribution is 5.83. The Hall–Kier alpha value is -1.27. The molecule has 0 aromatic carbocycles. The van der Waals surface area contributed by atoms with Gasteiger partial charge in [0.25, 0.3) is 0 Å². The van der Waals surface area contributed by atoms with Crippen molar-refractivity contribution >= 4 is 5.91 Å². The first-order chi connectivity index (χ1) is 8.27. The number of carbonyl (C=O) groups is 1. The maximum atomic E-state index is 12.4. The second-order valence-corrected chi connectivity index (χ2v) is 5.16. The number of hydrogen-bond donors (Lipinski definition) is 0. The third-order valence-corrected chi connectivity index (χ3v) is 4.46. The SMILES string of the molecule is C#CCCN1C(=O)[C@@H]2[C@@H]([C@@H]3C=C[C@H]2C3)[C@@H]1OC. The Balaban J connectivity index is 1.86. The molecule has 1 saturated heterocycles. The normalized spacial score (nSPS) is 42.0. The van der Waals surface area contributed by atoms with E-state index in [9.17, 15) is 4.79 Å². The van der Waals surface area contributed by atoms with Crippen molar-refractivity contribution in [2.75, 3.05) is 13.7 Å². The summed E-state index contributed by atoms with van der Waals surface area (Å²) in [5, 5.41) is 0. The molecule has 90 valence electrons. The van der Waals surface area contributed by atoms with E-state index in [1.807, 2.05) is 4.90 Å². The minimum Gasteiger partial charge on any atom is -0.361 e. The molecule has 3 heteroatoms. The Labute approximate surface area is 102 Å². The average molecular weight is 231 g/mol. The Morgan fingerprint density at radius 1 is 1.53 bits per heavy atom. The summed E-state index contributed by atoms with van der Waals surface area (Å²) < 4.78 is 5.56. The first kappa shape index (κ1) is 10.9. The number of carbonyl (C=O) groups excluding carboxylic acids is 1. The molecule has 0 spiro atoms. The maximum Gasteiger partial charge on any atom is 0.228 e. The lowest BCUT2D eigenvalue weighted by molar-refractivity contribution is -0.138. The highest BCUT2D eigenvalue weighted by Gasteiger charge is 2.59. The number of fused-ring (bicyclic) bond motifs is 5. The average Bonchev–Trinajstić information content (AvgIpc) is 2.99. The lowest BCUT2D eigenvalue weighted by Crippen LogP contribution is -2.38. The van der Waals surface area contributed by atoms with Crippen LogP contribution in [0.4, 0.5) is 0 Å². The van der Waals surface area contributed by atoms with Crippen LogP contribution in [-0.2, 0) is 9.53 Å². The van der Waals surface area contributed by atoms with Crippen LogP contribution >= 0.6 is 0 Å². The van der Waals surface area contributed by atoms with Gasteiger partial charge < -0.3 is 9.64 Å². The lowest BCUT2D eigenvalue weighted by Gasteiger charge is -2.28. The molecular formula is C14H17NO2. The molecule has 0 N–H and O–H groups in total. The number of ether oxygens (including phenoxy) is 1. The molecular weight excluding hydrogens is 214 g/mol. The standard InChI is InChI=1S/C14H17NO2/c1-3-4-7-15-13(16)11-9-5-6-10(8-9)12(11)14(15)17-2/h1,5-6,9-12,14H,4,7-8H2,2H3/t9-,10+,11-,12+,14-/m0/s1. The molecule has 3 nitrogen and oxygen atoms in total. The molecule has 1 saturated carbocycles. The van der Waals surface area contributed by atoms with Crippen LogP contribution in [0.25, 0.3) is 0 Å². The Bertz CT molecular complexity index is 409. The number of hydrogen-bond acceptors (Lipinski definition) is 2. The molecule has 2 bridgehead atoms. The summed E-state index contributed by atoms with van der Waals surface area (Å²) in [4.78, 5) is 14.2. The van der Waals surface area contributed by atoms with Gasteiger partial charge in [0, 0.05) is 26.0 Å². The van der Waals surface area contributed by atoms with Crippen molar-refractivity contribution in [1.82, 2.24) is 4.90 Å². The minimum absolute atomic E-state index is 0.0687. The van der Waals surface area contributed by atoms with E-state index < -0.39 is 0 Å². The fourth-order valence-corrected chi connectivity index (χ4v) is 3.83. The van der Waals surface area contributed by atoms with E-state index >= 15 is 0 Å². The third kappa shape index (κ3) is 1.37. The van der Waals surface area contributed by atoms with Gasteiger partial charge in [0.05, 0.1) is 5.92 Å². The zero-order valence-electron chi connectivity index (χ0n) is 10.0. The van der Waals surface area contributed by atoms with Crippen molar-refractivity contribution in [2.24, 2.45) is 23.7 Å². The van der Waals surface area contributed by atoms with E-state index in [0.29, 0.717) is 30.7 Å². The minimum atomic E-state index is -0.0687. The molecule has 17 heavy (non-hydrogen) atoms. The van der Waals surface area contributed by atoms with E-state index in [1.165, 1.54) is 0 Å². The number of methoxy groups -OCH3 is 1. The van der Waals surface area contributed by atoms with Gasteiger partial charge in [0.2, 0.25) is 5.91 Å². The summed E-state index contributed by atoms with van der Waals surface area (Å²) >= 11 is 0. The predicted octanol–water partition coefficient (Wildman–Crippen LogP) is 1.26. The van der Waals surface area contributed by atoms with Crippen molar-refractivity contribution in [1.29, 1.82) is 0 Å². The predicted molar refractivity (Wildman–Crippen MR) is 63.7 cm³/mol. The Morgan fingerprint density at radius 3 is 3.00 bits per heavy atom. The summed E-state index contributed by atoms with van der Waals surface area (Å²) in [6.45, 7) is 0.625. The van der Waals surface area contributed by atoms with Gasteiger partial charge in [-0.15, -0.1) is 12.3 Å². The Morgan fingerprint density at radius 2 is 2.29 bits per heavy atom. The lowest BCUT2D eigenvalue weighted by atomic mass is 9.85. The second-order valence-electron chi connectivity index (χ2n) is 5.16. The summed E-state index contributed by atoms with van der Waals surface area (Å²) in [6, 6.07) is 0. The number of nitrogens with zero attached hydrogens (tertiary/aromatic N) is 1. The fourth-order valence-electron chi connectivity index (χ4n) is 3.83. The molecule has 0 unspecified atom stereocenters. The second kappa shape index (κ2) is 3.89. The van der Waals surface area contributed by atoms with Gasteiger partial charge in [-0.25, -0.2) is 0 Å². The van der Waals surface area contributed by atoms with Crippen molar-refractivity contribution in [3.63, 3.8) is 0 Å². The number of rotatable bonds is 3. The zero-order chi connectivity index (χ0) is 12.0. The highest BCUT2D eigenvalue weighted by atomic mass is 16.5. The highest BCUT2D eigenvalue weighted by Crippen LogP contribution is 2.54. The van der Waals surface area contributed by atoms with E-state index in [2.05, 4.69) is 18.1 Å². The van der Waals surface area contributed by atoms with Crippen LogP contribution in [0, 0.1) is 36.0 Å². The van der Waals surface area contributed by atoms with Crippen molar-refractivity contribution in [3.05, 3.63) is 12.2 Å². The molecule has 3 aliphatic rings. The first-order valence-electron chi connectivity index (χ1n) is 6.23. The zero-order valence-corrected chi connectivity index (χ0v) is 10.0. The molecule has 1 amide bonds. The largest absolute Gasteiger partial charge is 0.361 e.